The van der Waals surface area contributed by atoms with Gasteiger partial charge in [0, 0.05) is 49.3 Å². The van der Waals surface area contributed by atoms with Gasteiger partial charge in [0.15, 0.2) is 0 Å². The van der Waals surface area contributed by atoms with Crippen LogP contribution in [-0.2, 0) is 36.4 Å². The summed E-state index contributed by atoms with van der Waals surface area (Å²) in [4.78, 5) is 11.7. The Morgan fingerprint density at radius 1 is 1.56 bits per heavy atom. The number of rotatable bonds is 9. The van der Waals surface area contributed by atoms with Crippen molar-refractivity contribution in [3.63, 3.8) is 0 Å². The maximum atomic E-state index is 11.9. The Balaban J connectivity index is 4.66. The molecule has 2 atom stereocenters. The Kier molecular flexibility index (Phi) is 10.2. The van der Waals surface area contributed by atoms with E-state index in [-0.39, 0.29) is 5.91 Å². The molecule has 0 aromatic rings. The predicted octanol–water partition coefficient (Wildman–Crippen LogP) is 1.03. The van der Waals surface area contributed by atoms with Gasteiger partial charge in [-0.25, -0.2) is 0 Å². The summed E-state index contributed by atoms with van der Waals surface area (Å²) in [6.07, 6.45) is 0. The minimum atomic E-state index is -2.43. The second kappa shape index (κ2) is 9.74. The first-order chi connectivity index (χ1) is 8.44. The summed E-state index contributed by atoms with van der Waals surface area (Å²) >= 11 is 10.4. The van der Waals surface area contributed by atoms with Gasteiger partial charge in [-0.2, -0.15) is 12.6 Å². The van der Waals surface area contributed by atoms with Crippen LogP contribution in [0.2, 0.25) is 0 Å². The van der Waals surface area contributed by atoms with E-state index in [0.29, 0.717) is 17.3 Å². The van der Waals surface area contributed by atoms with Crippen molar-refractivity contribution in [3.05, 3.63) is 0 Å². The van der Waals surface area contributed by atoms with Crippen LogP contribution in [0.15, 0.2) is 0 Å². The van der Waals surface area contributed by atoms with Crippen molar-refractivity contribution in [1.82, 2.24) is 5.32 Å². The van der Waals surface area contributed by atoms with Crippen molar-refractivity contribution in [2.24, 2.45) is 0 Å². The first-order valence-electron chi connectivity index (χ1n) is 4.99. The number of nitrogens with one attached hydrogen (secondary N) is 1. The van der Waals surface area contributed by atoms with Gasteiger partial charge in [0.25, 0.3) is 0 Å². The zero-order valence-corrected chi connectivity index (χ0v) is 14.7. The second-order valence-electron chi connectivity index (χ2n) is 3.02. The van der Waals surface area contributed by atoms with Gasteiger partial charge in [-0.1, -0.05) is 11.4 Å². The monoisotopic (exact) mass is 351 g/mol. The maximum Gasteiger partial charge on any atom is 0.246 e. The molecule has 0 aliphatic carbocycles. The fourth-order valence-corrected chi connectivity index (χ4v) is 6.48. The fourth-order valence-electron chi connectivity index (χ4n) is 1.00. The number of amides is 1. The quantitative estimate of drug-likeness (QED) is 0.478. The summed E-state index contributed by atoms with van der Waals surface area (Å²) in [5.41, 5.74) is -2.43. The molecule has 1 N–H and O–H groups in total. The molecular weight excluding hydrogens is 333 g/mol. The van der Waals surface area contributed by atoms with Crippen LogP contribution in [0.25, 0.3) is 0 Å². The SMILES string of the molecule is CNC(=O)C(CSP(=S)(OC)OC)[S@@](=O)CCS. The Morgan fingerprint density at radius 3 is 2.50 bits per heavy atom. The van der Waals surface area contributed by atoms with Gasteiger partial charge in [-0.05, 0) is 11.8 Å². The lowest BCUT2D eigenvalue weighted by molar-refractivity contribution is -0.119. The van der Waals surface area contributed by atoms with E-state index in [1.807, 2.05) is 0 Å². The van der Waals surface area contributed by atoms with E-state index in [4.69, 9.17) is 20.9 Å². The number of thiol groups is 1. The molecular formula is C8H18NO4PS4. The molecule has 0 aliphatic rings. The van der Waals surface area contributed by atoms with Crippen LogP contribution in [0.5, 0.6) is 0 Å². The molecule has 0 spiro atoms. The highest BCUT2D eigenvalue weighted by molar-refractivity contribution is 8.68. The second-order valence-corrected chi connectivity index (χ2v) is 11.8. The van der Waals surface area contributed by atoms with E-state index >= 15 is 0 Å². The molecule has 0 saturated heterocycles. The topological polar surface area (TPSA) is 64.6 Å². The molecule has 108 valence electrons. The van der Waals surface area contributed by atoms with Crippen LogP contribution in [-0.4, -0.2) is 53.9 Å². The predicted molar refractivity (Wildman–Crippen MR) is 85.5 cm³/mol. The standard InChI is InChI=1S/C8H18NO4PS4/c1-9-8(10)7(18(11)5-4-15)6-17-14(16,12-2)13-3/h7,15H,4-6H2,1-3H3,(H,9,10)/t7?,18-/m0/s1. The third-order valence-corrected chi connectivity index (χ3v) is 10.2. The van der Waals surface area contributed by atoms with E-state index in [9.17, 15) is 9.00 Å². The molecule has 0 aromatic heterocycles. The molecule has 10 heteroatoms. The van der Waals surface area contributed by atoms with E-state index in [0.717, 1.165) is 0 Å². The van der Waals surface area contributed by atoms with Crippen molar-refractivity contribution >= 4 is 58.2 Å². The molecule has 18 heavy (non-hydrogen) atoms. The highest BCUT2D eigenvalue weighted by Gasteiger charge is 2.27. The lowest BCUT2D eigenvalue weighted by Crippen LogP contribution is -2.38. The van der Waals surface area contributed by atoms with Crippen molar-refractivity contribution < 1.29 is 18.1 Å². The van der Waals surface area contributed by atoms with Gasteiger partial charge in [0.05, 0.1) is 0 Å². The summed E-state index contributed by atoms with van der Waals surface area (Å²) in [6.45, 7) is 0. The van der Waals surface area contributed by atoms with Crippen molar-refractivity contribution in [1.29, 1.82) is 0 Å². The molecule has 0 heterocycles. The van der Waals surface area contributed by atoms with E-state index in [1.165, 1.54) is 32.6 Å². The summed E-state index contributed by atoms with van der Waals surface area (Å²) in [5, 5.41) is 1.88. The Bertz CT molecular complexity index is 333. The minimum Gasteiger partial charge on any atom is -0.358 e. The largest absolute Gasteiger partial charge is 0.358 e. The highest BCUT2D eigenvalue weighted by Crippen LogP contribution is 2.59. The Labute approximate surface area is 125 Å². The van der Waals surface area contributed by atoms with Gasteiger partial charge in [0.1, 0.15) is 5.25 Å². The van der Waals surface area contributed by atoms with E-state index < -0.39 is 21.7 Å². The van der Waals surface area contributed by atoms with Crippen LogP contribution < -0.4 is 5.32 Å². The maximum absolute atomic E-state index is 11.9. The number of hydrogen-bond donors (Lipinski definition) is 2. The first kappa shape index (κ1) is 18.9. The van der Waals surface area contributed by atoms with Gasteiger partial charge in [-0.15, -0.1) is 0 Å². The summed E-state index contributed by atoms with van der Waals surface area (Å²) in [6, 6.07) is 0. The molecule has 1 unspecified atom stereocenters. The summed E-state index contributed by atoms with van der Waals surface area (Å²) in [7, 11) is 3.18. The fraction of sp³-hybridized carbons (Fsp3) is 0.875. The van der Waals surface area contributed by atoms with Crippen LogP contribution in [0, 0.1) is 0 Å². The van der Waals surface area contributed by atoms with Crippen LogP contribution in [0.3, 0.4) is 0 Å². The number of carbonyl (C=O) groups excluding carboxylic acids is 1. The lowest BCUT2D eigenvalue weighted by Gasteiger charge is -2.20. The Hall–Kier alpha value is 0.890. The van der Waals surface area contributed by atoms with Gasteiger partial charge in [0.2, 0.25) is 11.6 Å². The zero-order chi connectivity index (χ0) is 14.2. The van der Waals surface area contributed by atoms with Crippen molar-refractivity contribution in [2.45, 2.75) is 5.25 Å². The average molecular weight is 351 g/mol. The zero-order valence-electron chi connectivity index (χ0n) is 10.5. The number of hydrogen-bond acceptors (Lipinski definition) is 7. The average Bonchev–Trinajstić information content (AvgIpc) is 2.38. The normalized spacial score (nSPS) is 15.1. The van der Waals surface area contributed by atoms with Crippen molar-refractivity contribution in [3.8, 4) is 0 Å². The summed E-state index contributed by atoms with van der Waals surface area (Å²) < 4.78 is 22.1. The molecule has 0 rings (SSSR count). The van der Waals surface area contributed by atoms with Gasteiger partial charge >= 0.3 is 0 Å². The number of carbonyl (C=O) groups is 1. The minimum absolute atomic E-state index is 0.267. The molecule has 0 fully saturated rings. The summed E-state index contributed by atoms with van der Waals surface area (Å²) in [5.74, 6) is 0.869. The van der Waals surface area contributed by atoms with E-state index in [1.54, 1.807) is 0 Å². The third kappa shape index (κ3) is 6.36. The molecule has 0 radical (unpaired) electrons. The molecule has 0 aliphatic heterocycles. The van der Waals surface area contributed by atoms with Crippen molar-refractivity contribution in [2.75, 3.05) is 38.5 Å². The van der Waals surface area contributed by atoms with Crippen LogP contribution in [0.4, 0.5) is 0 Å². The smallest absolute Gasteiger partial charge is 0.246 e. The molecule has 0 saturated carbocycles. The molecule has 5 nitrogen and oxygen atoms in total. The van der Waals surface area contributed by atoms with Gasteiger partial charge in [-0.3, -0.25) is 9.00 Å². The third-order valence-electron chi connectivity index (χ3n) is 1.98. The molecule has 0 aromatic carbocycles. The van der Waals surface area contributed by atoms with Crippen LogP contribution in [0.1, 0.15) is 0 Å². The lowest BCUT2D eigenvalue weighted by atomic mass is 10.4. The highest BCUT2D eigenvalue weighted by atomic mass is 32.9. The first-order valence-corrected chi connectivity index (χ1v) is 11.2. The van der Waals surface area contributed by atoms with E-state index in [2.05, 4.69) is 17.9 Å². The van der Waals surface area contributed by atoms with Crippen LogP contribution >= 0.6 is 29.7 Å². The molecule has 0 bridgehead atoms. The van der Waals surface area contributed by atoms with Gasteiger partial charge < -0.3 is 14.4 Å². The molecule has 1 amide bonds. The Morgan fingerprint density at radius 2 is 2.11 bits per heavy atom.